The summed E-state index contributed by atoms with van der Waals surface area (Å²) in [5.41, 5.74) is 9.89. The zero-order valence-electron chi connectivity index (χ0n) is 11.9. The second-order valence-corrected chi connectivity index (χ2v) is 5.06. The molecule has 2 aromatic carbocycles. The van der Waals surface area contributed by atoms with E-state index >= 15 is 0 Å². The molecule has 3 rings (SSSR count). The molecule has 3 N–H and O–H groups in total. The van der Waals surface area contributed by atoms with Crippen molar-refractivity contribution in [1.29, 1.82) is 5.41 Å². The Morgan fingerprint density at radius 3 is 2.43 bits per heavy atom. The molecule has 0 aliphatic heterocycles. The van der Waals surface area contributed by atoms with Gasteiger partial charge >= 0.3 is 5.69 Å². The van der Waals surface area contributed by atoms with Gasteiger partial charge in [-0.25, -0.2) is 4.79 Å². The molecular formula is C16H16N4O. The molecule has 0 bridgehead atoms. The van der Waals surface area contributed by atoms with Crippen molar-refractivity contribution in [2.75, 3.05) is 5.73 Å². The number of hydrogen-bond acceptors (Lipinski definition) is 3. The van der Waals surface area contributed by atoms with Gasteiger partial charge in [0.15, 0.2) is 0 Å². The number of rotatable bonds is 2. The average molecular weight is 280 g/mol. The first kappa shape index (κ1) is 13.2. The van der Waals surface area contributed by atoms with Crippen LogP contribution in [0.15, 0.2) is 47.3 Å². The number of hydrogen-bond donors (Lipinski definition) is 2. The summed E-state index contributed by atoms with van der Waals surface area (Å²) in [6.07, 6.45) is 0. The smallest absolute Gasteiger partial charge is 0.333 e. The molecule has 106 valence electrons. The van der Waals surface area contributed by atoms with Crippen LogP contribution in [-0.4, -0.2) is 14.8 Å². The maximum absolute atomic E-state index is 12.5. The minimum Gasteiger partial charge on any atom is -0.398 e. The van der Waals surface area contributed by atoms with Gasteiger partial charge in [-0.05, 0) is 37.3 Å². The molecule has 0 unspecified atom stereocenters. The van der Waals surface area contributed by atoms with Gasteiger partial charge < -0.3 is 11.1 Å². The molecule has 0 amide bonds. The highest BCUT2D eigenvalue weighted by atomic mass is 16.1. The summed E-state index contributed by atoms with van der Waals surface area (Å²) in [6.45, 7) is 1.69. The van der Waals surface area contributed by atoms with Gasteiger partial charge in [0, 0.05) is 24.0 Å². The van der Waals surface area contributed by atoms with Crippen molar-refractivity contribution < 1.29 is 0 Å². The molecule has 3 aromatic rings. The van der Waals surface area contributed by atoms with Crippen molar-refractivity contribution in [3.8, 4) is 5.69 Å². The zero-order valence-corrected chi connectivity index (χ0v) is 11.9. The van der Waals surface area contributed by atoms with Crippen LogP contribution < -0.4 is 11.4 Å². The average Bonchev–Trinajstić information content (AvgIpc) is 2.71. The molecule has 0 aliphatic rings. The van der Waals surface area contributed by atoms with Gasteiger partial charge in [0.1, 0.15) is 0 Å². The van der Waals surface area contributed by atoms with Crippen LogP contribution >= 0.6 is 0 Å². The van der Waals surface area contributed by atoms with E-state index < -0.39 is 0 Å². The molecule has 0 atom stereocenters. The Morgan fingerprint density at radius 1 is 1.14 bits per heavy atom. The lowest BCUT2D eigenvalue weighted by Gasteiger charge is -2.08. The van der Waals surface area contributed by atoms with E-state index in [0.717, 1.165) is 11.0 Å². The van der Waals surface area contributed by atoms with Crippen LogP contribution in [0.1, 0.15) is 12.5 Å². The number of aryl methyl sites for hydroxylation is 1. The van der Waals surface area contributed by atoms with Crippen LogP contribution in [0.5, 0.6) is 0 Å². The van der Waals surface area contributed by atoms with E-state index in [0.29, 0.717) is 22.6 Å². The molecule has 0 saturated carbocycles. The highest BCUT2D eigenvalue weighted by Gasteiger charge is 2.12. The molecule has 5 nitrogen and oxygen atoms in total. The van der Waals surface area contributed by atoms with Crippen molar-refractivity contribution in [3.63, 3.8) is 0 Å². The highest BCUT2D eigenvalue weighted by Crippen LogP contribution is 2.21. The first-order chi connectivity index (χ1) is 10.0. The Kier molecular flexibility index (Phi) is 2.90. The summed E-state index contributed by atoms with van der Waals surface area (Å²) < 4.78 is 3.25. The summed E-state index contributed by atoms with van der Waals surface area (Å²) in [4.78, 5) is 12.5. The van der Waals surface area contributed by atoms with Crippen LogP contribution in [0.25, 0.3) is 16.7 Å². The van der Waals surface area contributed by atoms with E-state index in [1.807, 2.05) is 30.3 Å². The van der Waals surface area contributed by atoms with Gasteiger partial charge in [0.2, 0.25) is 0 Å². The predicted octanol–water partition coefficient (Wildman–Crippen LogP) is 2.30. The highest BCUT2D eigenvalue weighted by molar-refractivity contribution is 6.01. The third-order valence-electron chi connectivity index (χ3n) is 3.66. The number of aromatic nitrogens is 2. The number of anilines is 1. The Bertz CT molecular complexity index is 918. The maximum Gasteiger partial charge on any atom is 0.333 e. The van der Waals surface area contributed by atoms with Crippen molar-refractivity contribution in [2.45, 2.75) is 6.92 Å². The van der Waals surface area contributed by atoms with Crippen LogP contribution in [0.4, 0.5) is 5.69 Å². The van der Waals surface area contributed by atoms with Crippen LogP contribution in [0.3, 0.4) is 0 Å². The summed E-state index contributed by atoms with van der Waals surface area (Å²) in [5.74, 6) is 0. The Hall–Kier alpha value is -2.82. The quantitative estimate of drug-likeness (QED) is 0.558. The molecule has 1 aromatic heterocycles. The summed E-state index contributed by atoms with van der Waals surface area (Å²) >= 11 is 0. The number of para-hydroxylation sites is 2. The van der Waals surface area contributed by atoms with Crippen LogP contribution in [0.2, 0.25) is 0 Å². The summed E-state index contributed by atoms with van der Waals surface area (Å²) in [6, 6.07) is 13.0. The van der Waals surface area contributed by atoms with Gasteiger partial charge in [-0.1, -0.05) is 12.1 Å². The van der Waals surface area contributed by atoms with E-state index in [9.17, 15) is 4.79 Å². The minimum absolute atomic E-state index is 0.116. The maximum atomic E-state index is 12.5. The number of nitrogen functional groups attached to an aromatic ring is 1. The summed E-state index contributed by atoms with van der Waals surface area (Å²) in [7, 11) is 1.75. The fourth-order valence-electron chi connectivity index (χ4n) is 2.57. The lowest BCUT2D eigenvalue weighted by Crippen LogP contribution is -2.21. The predicted molar refractivity (Wildman–Crippen MR) is 85.4 cm³/mol. The lowest BCUT2D eigenvalue weighted by atomic mass is 10.1. The minimum atomic E-state index is -0.116. The second kappa shape index (κ2) is 4.63. The Morgan fingerprint density at radius 2 is 1.81 bits per heavy atom. The van der Waals surface area contributed by atoms with E-state index in [4.69, 9.17) is 11.1 Å². The molecule has 0 spiro atoms. The Labute approximate surface area is 121 Å². The van der Waals surface area contributed by atoms with E-state index in [2.05, 4.69) is 0 Å². The number of fused-ring (bicyclic) bond motifs is 1. The number of imidazole rings is 1. The molecule has 1 heterocycles. The normalized spacial score (nSPS) is 11.0. The molecule has 0 fully saturated rings. The van der Waals surface area contributed by atoms with E-state index in [-0.39, 0.29) is 5.69 Å². The third-order valence-corrected chi connectivity index (χ3v) is 3.66. The molecule has 21 heavy (non-hydrogen) atoms. The first-order valence-corrected chi connectivity index (χ1v) is 6.62. The lowest BCUT2D eigenvalue weighted by molar-refractivity contribution is 0.846. The molecular weight excluding hydrogens is 264 g/mol. The number of nitrogens with zero attached hydrogens (tertiary/aromatic N) is 2. The Balaban J connectivity index is 2.31. The number of nitrogens with one attached hydrogen (secondary N) is 1. The first-order valence-electron chi connectivity index (χ1n) is 6.62. The van der Waals surface area contributed by atoms with E-state index in [1.54, 1.807) is 35.2 Å². The van der Waals surface area contributed by atoms with Crippen molar-refractivity contribution >= 4 is 22.4 Å². The van der Waals surface area contributed by atoms with Gasteiger partial charge in [-0.3, -0.25) is 9.13 Å². The topological polar surface area (TPSA) is 76.8 Å². The molecule has 0 radical (unpaired) electrons. The SMILES string of the molecule is CC(=N)c1ccc(-n2c(=O)n(C)c3ccccc32)cc1N. The monoisotopic (exact) mass is 280 g/mol. The van der Waals surface area contributed by atoms with Gasteiger partial charge in [-0.15, -0.1) is 0 Å². The van der Waals surface area contributed by atoms with Crippen LogP contribution in [0, 0.1) is 5.41 Å². The van der Waals surface area contributed by atoms with Crippen molar-refractivity contribution in [1.82, 2.24) is 9.13 Å². The van der Waals surface area contributed by atoms with Crippen molar-refractivity contribution in [3.05, 3.63) is 58.5 Å². The van der Waals surface area contributed by atoms with Crippen molar-refractivity contribution in [2.24, 2.45) is 7.05 Å². The standard InChI is InChI=1S/C16H16N4O/c1-10(17)12-8-7-11(9-13(12)18)20-15-6-4-3-5-14(15)19(2)16(20)21/h3-9,17H,18H2,1-2H3. The molecule has 5 heteroatoms. The van der Waals surface area contributed by atoms with Gasteiger partial charge in [-0.2, -0.15) is 0 Å². The number of nitrogens with two attached hydrogens (primary N) is 1. The fourth-order valence-corrected chi connectivity index (χ4v) is 2.57. The molecule has 0 saturated heterocycles. The largest absolute Gasteiger partial charge is 0.398 e. The van der Waals surface area contributed by atoms with E-state index in [1.165, 1.54) is 0 Å². The third kappa shape index (κ3) is 1.94. The number of benzene rings is 2. The second-order valence-electron chi connectivity index (χ2n) is 5.06. The van der Waals surface area contributed by atoms with Gasteiger partial charge in [0.25, 0.3) is 0 Å². The molecule has 0 aliphatic carbocycles. The summed E-state index contributed by atoms with van der Waals surface area (Å²) in [5, 5.41) is 7.68. The van der Waals surface area contributed by atoms with Crippen LogP contribution in [-0.2, 0) is 7.05 Å². The van der Waals surface area contributed by atoms with Gasteiger partial charge in [0.05, 0.1) is 16.7 Å². The fraction of sp³-hybridized carbons (Fsp3) is 0.125. The zero-order chi connectivity index (χ0) is 15.1.